The number of aromatic nitrogens is 1. The highest BCUT2D eigenvalue weighted by molar-refractivity contribution is 5.98. The molecular weight excluding hydrogens is 967 g/mol. The van der Waals surface area contributed by atoms with Crippen molar-refractivity contribution in [3.63, 3.8) is 0 Å². The summed E-state index contributed by atoms with van der Waals surface area (Å²) in [6.07, 6.45) is 2.72. The molecule has 3 aromatic rings. The summed E-state index contributed by atoms with van der Waals surface area (Å²) in [5.74, 6) is -6.62. The van der Waals surface area contributed by atoms with E-state index in [0.29, 0.717) is 43.2 Å². The third-order valence-corrected chi connectivity index (χ3v) is 13.3. The molecule has 5 rings (SSSR count). The number of primary amides is 1. The molecule has 0 saturated carbocycles. The molecule has 1 aromatic heterocycles. The van der Waals surface area contributed by atoms with Crippen LogP contribution in [0.25, 0.3) is 10.9 Å². The van der Waals surface area contributed by atoms with Crippen molar-refractivity contribution in [3.8, 4) is 0 Å². The summed E-state index contributed by atoms with van der Waals surface area (Å²) in [5.41, 5.74) is 13.4. The number of guanidine groups is 1. The second kappa shape index (κ2) is 29.4. The number of fused-ring (bicyclic) bond motifs is 2. The molecule has 0 aliphatic carbocycles. The van der Waals surface area contributed by atoms with Crippen LogP contribution in [0, 0.1) is 5.41 Å². The fourth-order valence-electron chi connectivity index (χ4n) is 9.23. The summed E-state index contributed by atoms with van der Waals surface area (Å²) in [4.78, 5) is 130. The summed E-state index contributed by atoms with van der Waals surface area (Å²) in [6, 6.07) is 7.03. The minimum atomic E-state index is -1.40. The molecule has 75 heavy (non-hydrogen) atoms. The molecule has 23 nitrogen and oxygen atoms in total. The Morgan fingerprint density at radius 1 is 0.813 bits per heavy atom. The third-order valence-electron chi connectivity index (χ3n) is 13.3. The van der Waals surface area contributed by atoms with Crippen LogP contribution in [-0.4, -0.2) is 142 Å². The van der Waals surface area contributed by atoms with Crippen LogP contribution in [0.4, 0.5) is 0 Å². The van der Waals surface area contributed by atoms with Crippen LogP contribution in [0.1, 0.15) is 108 Å². The number of amides is 9. The summed E-state index contributed by atoms with van der Waals surface area (Å²) < 4.78 is 0. The topological polar surface area (TPSA) is 365 Å². The summed E-state index contributed by atoms with van der Waals surface area (Å²) in [7, 11) is 0. The van der Waals surface area contributed by atoms with Crippen LogP contribution in [-0.2, 0) is 56.0 Å². The molecule has 15 N–H and O–H groups in total. The molecule has 408 valence electrons. The van der Waals surface area contributed by atoms with Crippen molar-refractivity contribution in [2.45, 2.75) is 159 Å². The van der Waals surface area contributed by atoms with E-state index in [2.05, 4.69) is 47.5 Å². The molecule has 2 saturated heterocycles. The fraction of sp³-hybridized carbons (Fsp3) is 0.538. The molecule has 23 heteroatoms. The molecule has 0 bridgehead atoms. The first-order valence-corrected chi connectivity index (χ1v) is 26.0. The molecule has 2 aliphatic rings. The van der Waals surface area contributed by atoms with Gasteiger partial charge in [0.05, 0.1) is 6.10 Å². The number of unbranched alkanes of at least 4 members (excludes halogenated alkanes) is 1. The van der Waals surface area contributed by atoms with Gasteiger partial charge in [-0.05, 0) is 68.6 Å². The Morgan fingerprint density at radius 3 is 2.21 bits per heavy atom. The number of aliphatic hydroxyl groups is 1. The number of para-hydroxylation sites is 1. The molecule has 0 unspecified atom stereocenters. The molecule has 9 amide bonds. The first kappa shape index (κ1) is 58.3. The highest BCUT2D eigenvalue weighted by Gasteiger charge is 2.43. The Labute approximate surface area is 436 Å². The number of hydrogen-bond donors (Lipinski definition) is 13. The van der Waals surface area contributed by atoms with Crippen LogP contribution in [0.15, 0.2) is 60.8 Å². The van der Waals surface area contributed by atoms with E-state index >= 15 is 0 Å². The molecular formula is C52H75N13O10. The Bertz CT molecular complexity index is 2470. The van der Waals surface area contributed by atoms with Gasteiger partial charge in [-0.3, -0.25) is 48.6 Å². The number of nitrogens with one attached hydrogen (secondary N) is 10. The van der Waals surface area contributed by atoms with Crippen LogP contribution >= 0.6 is 0 Å². The quantitative estimate of drug-likeness (QED) is 0.0469. The van der Waals surface area contributed by atoms with E-state index in [9.17, 15) is 48.3 Å². The maximum absolute atomic E-state index is 14.7. The van der Waals surface area contributed by atoms with Gasteiger partial charge >= 0.3 is 0 Å². The number of carbonyl (C=O) groups excluding carboxylic acids is 9. The SMILES string of the molecule is CCCC[C@H](NC(=O)CCC)C(=O)N[C@H]1CCC(=O)NCCCC[C@@H](C(N)=O)NC(=O)[C@H](Cc2c[nH]c3ccccc23)NC(=O)[C@H](CCCNC(=N)N)NC(=O)[C@@H](Cc2ccccc2)NC(=O)[C@@H]2C[C@@H](O)CN2C1=O. The second-order valence-corrected chi connectivity index (χ2v) is 19.2. The van der Waals surface area contributed by atoms with Crippen molar-refractivity contribution in [3.05, 3.63) is 71.9 Å². The monoisotopic (exact) mass is 1040 g/mol. The number of rotatable bonds is 17. The van der Waals surface area contributed by atoms with E-state index in [0.717, 1.165) is 15.8 Å². The Balaban J connectivity index is 1.52. The molecule has 0 radical (unpaired) electrons. The third kappa shape index (κ3) is 18.1. The molecule has 2 aromatic carbocycles. The standard InChI is InChI=1S/C52H75N13O10/c1-3-5-18-37(59-44(68)14-4-2)46(70)62-39-22-23-43(67)56-24-12-11-20-36(45(53)69)60-49(73)41(27-32-29-58-35-19-10-9-17-34(32)35)63-47(71)38(21-13-25-57-52(54)55)61-48(72)40(26-31-15-7-6-8-16-31)64-50(74)42-28-33(66)30-65(42)51(39)75/h6-10,15-17,19,29,33,36-42,58,66H,3-5,11-14,18,20-28,30H2,1-2H3,(H2,53,69)(H,56,67)(H,59,68)(H,60,73)(H,61,72)(H,62,70)(H,63,71)(H,64,74)(H4,54,55,57)/t33-,36+,37+,38+,39+,40-,41+,42+/m1/s1. The maximum Gasteiger partial charge on any atom is 0.245 e. The van der Waals surface area contributed by atoms with E-state index in [1.54, 1.807) is 36.5 Å². The van der Waals surface area contributed by atoms with Gasteiger partial charge in [-0.15, -0.1) is 0 Å². The van der Waals surface area contributed by atoms with Crippen molar-refractivity contribution in [1.82, 2.24) is 52.4 Å². The first-order valence-electron chi connectivity index (χ1n) is 26.0. The number of hydrogen-bond acceptors (Lipinski definition) is 11. The first-order chi connectivity index (χ1) is 36.0. The normalized spacial score (nSPS) is 23.2. The van der Waals surface area contributed by atoms with E-state index in [-0.39, 0.29) is 95.7 Å². The number of aliphatic hydroxyl groups excluding tert-OH is 1. The number of nitrogens with two attached hydrogens (primary N) is 2. The lowest BCUT2D eigenvalue weighted by Crippen LogP contribution is -2.60. The Kier molecular flexibility index (Phi) is 22.8. The highest BCUT2D eigenvalue weighted by atomic mass is 16.3. The lowest BCUT2D eigenvalue weighted by molar-refractivity contribution is -0.143. The van der Waals surface area contributed by atoms with Gasteiger partial charge in [0.1, 0.15) is 42.3 Å². The average Bonchev–Trinajstić information content (AvgIpc) is 3.99. The van der Waals surface area contributed by atoms with E-state index in [4.69, 9.17) is 16.9 Å². The van der Waals surface area contributed by atoms with Crippen LogP contribution in [0.2, 0.25) is 0 Å². The lowest BCUT2D eigenvalue weighted by Gasteiger charge is -2.31. The number of H-pyrrole nitrogens is 1. The Hall–Kier alpha value is -7.56. The predicted molar refractivity (Wildman–Crippen MR) is 279 cm³/mol. The second-order valence-electron chi connectivity index (χ2n) is 19.2. The lowest BCUT2D eigenvalue weighted by atomic mass is 10.0. The summed E-state index contributed by atoms with van der Waals surface area (Å²) in [5, 5.41) is 41.4. The molecule has 8 atom stereocenters. The largest absolute Gasteiger partial charge is 0.391 e. The molecule has 3 heterocycles. The zero-order valence-corrected chi connectivity index (χ0v) is 42.8. The number of aromatic amines is 1. The van der Waals surface area contributed by atoms with E-state index < -0.39 is 95.7 Å². The number of benzene rings is 2. The highest BCUT2D eigenvalue weighted by Crippen LogP contribution is 2.23. The molecule has 2 aliphatic heterocycles. The Morgan fingerprint density at radius 2 is 1.49 bits per heavy atom. The van der Waals surface area contributed by atoms with Gasteiger partial charge in [0.25, 0.3) is 0 Å². The van der Waals surface area contributed by atoms with Crippen molar-refractivity contribution in [2.75, 3.05) is 19.6 Å². The van der Waals surface area contributed by atoms with Crippen LogP contribution in [0.5, 0.6) is 0 Å². The van der Waals surface area contributed by atoms with Crippen molar-refractivity contribution in [2.24, 2.45) is 11.5 Å². The minimum absolute atomic E-state index is 0.0441. The van der Waals surface area contributed by atoms with E-state index in [1.807, 2.05) is 38.1 Å². The predicted octanol–water partition coefficient (Wildman–Crippen LogP) is -0.357. The van der Waals surface area contributed by atoms with Crippen LogP contribution in [0.3, 0.4) is 0 Å². The molecule has 2 fully saturated rings. The van der Waals surface area contributed by atoms with Gasteiger partial charge in [-0.25, -0.2) is 0 Å². The van der Waals surface area contributed by atoms with Gasteiger partial charge in [0.15, 0.2) is 5.96 Å². The van der Waals surface area contributed by atoms with Crippen molar-refractivity contribution < 1.29 is 48.3 Å². The van der Waals surface area contributed by atoms with Gasteiger partial charge in [-0.1, -0.05) is 75.2 Å². The number of nitrogens with zero attached hydrogens (tertiary/aromatic N) is 1. The minimum Gasteiger partial charge on any atom is -0.391 e. The van der Waals surface area contributed by atoms with Crippen molar-refractivity contribution >= 4 is 70.0 Å². The summed E-state index contributed by atoms with van der Waals surface area (Å²) in [6.45, 7) is 3.68. The maximum atomic E-state index is 14.7. The van der Waals surface area contributed by atoms with E-state index in [1.165, 1.54) is 0 Å². The smallest absolute Gasteiger partial charge is 0.245 e. The zero-order valence-electron chi connectivity index (χ0n) is 42.8. The van der Waals surface area contributed by atoms with Crippen molar-refractivity contribution in [1.29, 1.82) is 5.41 Å². The average molecular weight is 1040 g/mol. The summed E-state index contributed by atoms with van der Waals surface area (Å²) >= 11 is 0. The molecule has 0 spiro atoms. The fourth-order valence-corrected chi connectivity index (χ4v) is 9.23. The van der Waals surface area contributed by atoms with Gasteiger partial charge < -0.3 is 69.0 Å². The van der Waals surface area contributed by atoms with Gasteiger partial charge in [0, 0.05) is 68.8 Å². The number of carbonyl (C=O) groups is 9. The van der Waals surface area contributed by atoms with Crippen LogP contribution < -0.4 is 54.0 Å². The zero-order chi connectivity index (χ0) is 54.4. The van der Waals surface area contributed by atoms with Gasteiger partial charge in [-0.2, -0.15) is 0 Å². The van der Waals surface area contributed by atoms with Gasteiger partial charge in [0.2, 0.25) is 53.2 Å².